The zero-order valence-corrected chi connectivity index (χ0v) is 29.7. The predicted molar refractivity (Wildman–Crippen MR) is 193 cm³/mol. The highest BCUT2D eigenvalue weighted by Gasteiger charge is 2.18. The van der Waals surface area contributed by atoms with Gasteiger partial charge in [0.15, 0.2) is 11.6 Å². The molecule has 0 unspecified atom stereocenters. The molecule has 0 aliphatic heterocycles. The number of methoxy groups -OCH3 is 2. The van der Waals surface area contributed by atoms with E-state index in [0.29, 0.717) is 46.6 Å². The van der Waals surface area contributed by atoms with E-state index >= 15 is 0 Å². The number of nitrogens with one attached hydrogen (secondary N) is 3. The number of aryl methyl sites for hydroxylation is 3. The number of nitrogens with two attached hydrogens (primary N) is 1. The van der Waals surface area contributed by atoms with E-state index in [0.717, 1.165) is 27.7 Å². The van der Waals surface area contributed by atoms with Crippen LogP contribution in [0, 0.1) is 32.4 Å². The lowest BCUT2D eigenvalue weighted by molar-refractivity contribution is -0.191. The summed E-state index contributed by atoms with van der Waals surface area (Å²) < 4.78 is 40.4. The topological polar surface area (TPSA) is 193 Å². The second-order valence-corrected chi connectivity index (χ2v) is 11.0. The maximum absolute atomic E-state index is 13.6. The Hall–Kier alpha value is -6.29. The maximum Gasteiger partial charge on any atom is 0.373 e. The molecule has 0 saturated heterocycles. The van der Waals surface area contributed by atoms with Crippen molar-refractivity contribution in [3.63, 3.8) is 0 Å². The van der Waals surface area contributed by atoms with E-state index in [-0.39, 0.29) is 30.4 Å². The highest BCUT2D eigenvalue weighted by Crippen LogP contribution is 2.24. The van der Waals surface area contributed by atoms with Crippen molar-refractivity contribution in [1.82, 2.24) is 29.5 Å². The lowest BCUT2D eigenvalue weighted by Crippen LogP contribution is -2.19. The molecule has 1 amide bonds. The number of hydrogen-bond donors (Lipinski definition) is 4. The predicted octanol–water partition coefficient (Wildman–Crippen LogP) is 5.29. The molecule has 5 N–H and O–H groups in total. The van der Waals surface area contributed by atoms with Gasteiger partial charge < -0.3 is 40.3 Å². The number of nitrogens with zero attached hydrogens (tertiary/aromatic N) is 6. The van der Waals surface area contributed by atoms with Crippen LogP contribution in [-0.4, -0.2) is 69.9 Å². The SMILES string of the molecule is CNc1nnc(C)cc1N.CNc1nnc(C)cc1NC(=O)c1cc2ccc(F)cc2n1COC.COCn1c(C)cc2ccc(F)cc21.O=C=O. The summed E-state index contributed by atoms with van der Waals surface area (Å²) in [6.45, 7) is 6.20. The number of benzene rings is 2. The molecule has 17 heteroatoms. The Morgan fingerprint density at radius 1 is 0.750 bits per heavy atom. The van der Waals surface area contributed by atoms with Crippen LogP contribution >= 0.6 is 0 Å². The summed E-state index contributed by atoms with van der Waals surface area (Å²) in [6, 6.07) is 16.4. The standard InChI is InChI=1S/C17H18FN5O2.C11H12FNO.C6H10N4.CO2/c1-10-6-13(16(19-2)22-21-10)20-17(24)15-7-11-4-5-12(18)8-14(11)23(15)9-25-3;1-8-5-9-3-4-10(12)6-11(9)13(8)7-14-2;1-4-3-5(7)6(8-2)10-9-4;2-1-3/h4-8H,9H2,1-3H3,(H,19,22)(H,20,21,24);3-6H,7H2,1-2H3;3H,1-2H3,(H2,7,9)(H,8,10);. The number of carbonyl (C=O) groups is 1. The largest absolute Gasteiger partial charge is 0.396 e. The van der Waals surface area contributed by atoms with Crippen LogP contribution in [0.4, 0.5) is 31.8 Å². The molecule has 6 aromatic rings. The van der Waals surface area contributed by atoms with E-state index in [1.165, 1.54) is 31.4 Å². The minimum Gasteiger partial charge on any atom is -0.396 e. The number of amides is 1. The number of aromatic nitrogens is 6. The average molecular weight is 719 g/mol. The van der Waals surface area contributed by atoms with Crippen molar-refractivity contribution in [1.29, 1.82) is 0 Å². The fourth-order valence-electron chi connectivity index (χ4n) is 5.01. The van der Waals surface area contributed by atoms with Crippen molar-refractivity contribution in [3.8, 4) is 0 Å². The smallest absolute Gasteiger partial charge is 0.373 e. The molecule has 0 aliphatic rings. The fourth-order valence-corrected chi connectivity index (χ4v) is 5.01. The molecule has 0 aliphatic carbocycles. The Kier molecular flexibility index (Phi) is 14.8. The Morgan fingerprint density at radius 3 is 1.79 bits per heavy atom. The summed E-state index contributed by atoms with van der Waals surface area (Å²) in [4.78, 5) is 29.0. The van der Waals surface area contributed by atoms with E-state index in [9.17, 15) is 13.6 Å². The van der Waals surface area contributed by atoms with E-state index in [4.69, 9.17) is 24.8 Å². The molecule has 0 atom stereocenters. The first-order valence-corrected chi connectivity index (χ1v) is 15.5. The first-order valence-electron chi connectivity index (χ1n) is 15.5. The number of nitrogen functional groups attached to an aromatic ring is 1. The van der Waals surface area contributed by atoms with Crippen LogP contribution in [0.1, 0.15) is 27.6 Å². The Labute approximate surface area is 298 Å². The average Bonchev–Trinajstić information content (AvgIpc) is 3.62. The zero-order valence-electron chi connectivity index (χ0n) is 29.7. The van der Waals surface area contributed by atoms with E-state index in [2.05, 4.69) is 36.3 Å². The van der Waals surface area contributed by atoms with Gasteiger partial charge in [0.05, 0.1) is 33.8 Å². The summed E-state index contributed by atoms with van der Waals surface area (Å²) in [5.74, 6) is 0.150. The second-order valence-electron chi connectivity index (χ2n) is 11.0. The molecule has 0 spiro atoms. The third kappa shape index (κ3) is 10.4. The highest BCUT2D eigenvalue weighted by atomic mass is 19.1. The van der Waals surface area contributed by atoms with Crippen molar-refractivity contribution in [2.45, 2.75) is 34.2 Å². The van der Waals surface area contributed by atoms with Crippen molar-refractivity contribution < 1.29 is 32.6 Å². The van der Waals surface area contributed by atoms with E-state index < -0.39 is 0 Å². The van der Waals surface area contributed by atoms with Gasteiger partial charge in [0.25, 0.3) is 5.91 Å². The monoisotopic (exact) mass is 718 g/mol. The molecular formula is C35H40F2N10O5. The van der Waals surface area contributed by atoms with Crippen LogP contribution in [-0.2, 0) is 32.5 Å². The van der Waals surface area contributed by atoms with Gasteiger partial charge in [-0.25, -0.2) is 8.78 Å². The van der Waals surface area contributed by atoms with Crippen molar-refractivity contribution >= 4 is 56.9 Å². The molecule has 0 saturated carbocycles. The van der Waals surface area contributed by atoms with Crippen molar-refractivity contribution in [2.75, 3.05) is 50.0 Å². The Bertz CT molecular complexity index is 2160. The molecule has 6 rings (SSSR count). The lowest BCUT2D eigenvalue weighted by Gasteiger charge is -2.12. The molecule has 274 valence electrons. The van der Waals surface area contributed by atoms with Crippen LogP contribution < -0.4 is 21.7 Å². The van der Waals surface area contributed by atoms with Gasteiger partial charge in [0.2, 0.25) is 0 Å². The molecular weight excluding hydrogens is 678 g/mol. The molecule has 0 bridgehead atoms. The van der Waals surface area contributed by atoms with Crippen LogP contribution in [0.25, 0.3) is 21.8 Å². The van der Waals surface area contributed by atoms with Gasteiger partial charge in [-0.3, -0.25) is 4.79 Å². The summed E-state index contributed by atoms with van der Waals surface area (Å²) in [6.07, 6.45) is 0.250. The van der Waals surface area contributed by atoms with Gasteiger partial charge in [0.1, 0.15) is 30.8 Å². The summed E-state index contributed by atoms with van der Waals surface area (Å²) in [5, 5.41) is 25.9. The van der Waals surface area contributed by atoms with Gasteiger partial charge in [0, 0.05) is 44.8 Å². The number of hydrogen-bond acceptors (Lipinski definition) is 12. The molecule has 52 heavy (non-hydrogen) atoms. The summed E-state index contributed by atoms with van der Waals surface area (Å²) >= 11 is 0. The highest BCUT2D eigenvalue weighted by molar-refractivity contribution is 6.07. The zero-order chi connectivity index (χ0) is 38.4. The first-order chi connectivity index (χ1) is 24.9. The Balaban J connectivity index is 0.000000226. The lowest BCUT2D eigenvalue weighted by atomic mass is 10.2. The number of fused-ring (bicyclic) bond motifs is 2. The van der Waals surface area contributed by atoms with Crippen LogP contribution in [0.15, 0.2) is 60.7 Å². The third-order valence-corrected chi connectivity index (χ3v) is 7.27. The number of halogens is 2. The number of rotatable bonds is 8. The quantitative estimate of drug-likeness (QED) is 0.159. The van der Waals surface area contributed by atoms with Crippen LogP contribution in [0.5, 0.6) is 0 Å². The van der Waals surface area contributed by atoms with Crippen molar-refractivity contribution in [2.24, 2.45) is 0 Å². The third-order valence-electron chi connectivity index (χ3n) is 7.27. The molecule has 0 fully saturated rings. The first kappa shape index (κ1) is 40.1. The molecule has 0 radical (unpaired) electrons. The van der Waals surface area contributed by atoms with Gasteiger partial charge in [-0.15, -0.1) is 10.2 Å². The number of ether oxygens (including phenoxy) is 2. The van der Waals surface area contributed by atoms with Gasteiger partial charge in [-0.05, 0) is 81.4 Å². The second kappa shape index (κ2) is 19.2. The molecule has 4 heterocycles. The summed E-state index contributed by atoms with van der Waals surface area (Å²) in [5.41, 5.74) is 11.1. The van der Waals surface area contributed by atoms with Crippen molar-refractivity contribution in [3.05, 3.63) is 95.1 Å². The van der Waals surface area contributed by atoms with Crippen LogP contribution in [0.2, 0.25) is 0 Å². The van der Waals surface area contributed by atoms with Gasteiger partial charge >= 0.3 is 6.15 Å². The normalized spacial score (nSPS) is 10.2. The van der Waals surface area contributed by atoms with Gasteiger partial charge in [-0.2, -0.15) is 19.8 Å². The molecule has 15 nitrogen and oxygen atoms in total. The summed E-state index contributed by atoms with van der Waals surface area (Å²) in [7, 11) is 6.60. The number of anilines is 4. The van der Waals surface area contributed by atoms with Gasteiger partial charge in [-0.1, -0.05) is 0 Å². The molecule has 2 aromatic carbocycles. The Morgan fingerprint density at radius 2 is 1.25 bits per heavy atom. The van der Waals surface area contributed by atoms with E-state index in [1.54, 1.807) is 63.0 Å². The molecule has 4 aromatic heterocycles. The number of carbonyl (C=O) groups excluding carboxylic acids is 3. The fraction of sp³-hybridized carbons (Fsp3) is 0.257. The minimum atomic E-state index is -0.374. The minimum absolute atomic E-state index is 0.127. The van der Waals surface area contributed by atoms with E-state index in [1.807, 2.05) is 24.5 Å². The van der Waals surface area contributed by atoms with Crippen LogP contribution in [0.3, 0.4) is 0 Å². The maximum atomic E-state index is 13.6.